The molecule has 3 aromatic heterocycles. The Morgan fingerprint density at radius 1 is 0.610 bits per heavy atom. The summed E-state index contributed by atoms with van der Waals surface area (Å²) in [6.45, 7) is 14.1. The molecule has 2 aliphatic rings. The van der Waals surface area contributed by atoms with Gasteiger partial charge in [-0.15, -0.1) is 0 Å². The van der Waals surface area contributed by atoms with Crippen LogP contribution in [0.4, 0.5) is 95.5 Å². The molecule has 26 heteroatoms. The van der Waals surface area contributed by atoms with Crippen LogP contribution in [0.5, 0.6) is 11.6 Å². The minimum atomic E-state index is -4.72. The van der Waals surface area contributed by atoms with Crippen LogP contribution in [0.15, 0.2) is 117 Å². The number of rotatable bonds is 16. The Kier molecular flexibility index (Phi) is 18.0. The number of carbonyl (C=O) groups is 3. The molecule has 3 aromatic carbocycles. The first-order valence-electron chi connectivity index (χ1n) is 23.6. The first kappa shape index (κ1) is 55.5. The first-order valence-corrected chi connectivity index (χ1v) is 23.6. The number of pyridine rings is 1. The van der Waals surface area contributed by atoms with Gasteiger partial charge in [0.2, 0.25) is 35.5 Å². The Hall–Kier alpha value is -9.20. The lowest BCUT2D eigenvalue weighted by atomic mass is 10.2. The Morgan fingerprint density at radius 2 is 1.12 bits per heavy atom. The highest BCUT2D eigenvalue weighted by Gasteiger charge is 2.37. The smallest absolute Gasteiger partial charge is 0.421 e. The second-order valence-corrected chi connectivity index (χ2v) is 16.8. The van der Waals surface area contributed by atoms with E-state index in [2.05, 4.69) is 85.1 Å². The van der Waals surface area contributed by atoms with Crippen molar-refractivity contribution < 1.29 is 50.2 Å². The molecule has 20 nitrogen and oxygen atoms in total. The summed E-state index contributed by atoms with van der Waals surface area (Å²) in [4.78, 5) is 61.2. The van der Waals surface area contributed by atoms with Crippen molar-refractivity contribution in [3.63, 3.8) is 0 Å². The van der Waals surface area contributed by atoms with E-state index in [4.69, 9.17) is 9.47 Å². The summed E-state index contributed by atoms with van der Waals surface area (Å²) in [5.74, 6) is -0.591. The third-order valence-corrected chi connectivity index (χ3v) is 11.6. The van der Waals surface area contributed by atoms with Crippen LogP contribution in [0.25, 0.3) is 0 Å². The van der Waals surface area contributed by atoms with Crippen molar-refractivity contribution in [3.05, 3.63) is 128 Å². The van der Waals surface area contributed by atoms with E-state index in [1.807, 2.05) is 6.07 Å². The molecule has 8 rings (SSSR count). The van der Waals surface area contributed by atoms with Gasteiger partial charge in [0, 0.05) is 106 Å². The van der Waals surface area contributed by atoms with Crippen molar-refractivity contribution in [3.8, 4) is 11.6 Å². The van der Waals surface area contributed by atoms with Crippen molar-refractivity contribution in [1.82, 2.24) is 35.1 Å². The van der Waals surface area contributed by atoms with Crippen molar-refractivity contribution in [2.75, 3.05) is 108 Å². The highest BCUT2D eigenvalue weighted by atomic mass is 19.4. The molecular weight excluding hydrogens is 1020 g/mol. The van der Waals surface area contributed by atoms with Gasteiger partial charge in [-0.05, 0) is 72.8 Å². The molecule has 0 spiro atoms. The van der Waals surface area contributed by atoms with E-state index in [0.717, 1.165) is 49.8 Å². The number of nitrogens with zero attached hydrogens (tertiary/aromatic N) is 8. The lowest BCUT2D eigenvalue weighted by Gasteiger charge is -2.35. The average Bonchev–Trinajstić information content (AvgIpc) is 3.41. The number of halogens is 6. The summed E-state index contributed by atoms with van der Waals surface area (Å²) in [6, 6.07) is 21.2. The largest absolute Gasteiger partial charge is 0.494 e. The summed E-state index contributed by atoms with van der Waals surface area (Å²) < 4.78 is 93.3. The fourth-order valence-corrected chi connectivity index (χ4v) is 7.75. The van der Waals surface area contributed by atoms with Crippen LogP contribution in [0.1, 0.15) is 18.1 Å². The van der Waals surface area contributed by atoms with E-state index in [9.17, 15) is 40.7 Å². The van der Waals surface area contributed by atoms with E-state index >= 15 is 0 Å². The van der Waals surface area contributed by atoms with Crippen molar-refractivity contribution in [1.29, 1.82) is 0 Å². The molecule has 404 valence electrons. The SMILES string of the molecule is C=CC(=O)Nc1cccc(Nc2nc(Nc3ccc(N4CCN(C(C)=O)CC4)cc3OC)ncc2C(F)(F)F)c1.C=CC(=O)Nc1cccc(Nc2nc(Nc3ccc(N4CCNCC4)nc3OC)ncc2C(F)(F)F)c1. The van der Waals surface area contributed by atoms with Crippen LogP contribution in [-0.4, -0.2) is 114 Å². The molecular formula is C51H53F6N15O5. The number of methoxy groups -OCH3 is 2. The highest BCUT2D eigenvalue weighted by Crippen LogP contribution is 2.39. The third kappa shape index (κ3) is 15.0. The summed E-state index contributed by atoms with van der Waals surface area (Å²) in [5, 5.41) is 19.5. The van der Waals surface area contributed by atoms with E-state index in [0.29, 0.717) is 67.1 Å². The molecule has 0 bridgehead atoms. The van der Waals surface area contributed by atoms with E-state index in [-0.39, 0.29) is 35.1 Å². The number of ether oxygens (including phenoxy) is 2. The van der Waals surface area contributed by atoms with Gasteiger partial charge in [-0.3, -0.25) is 14.4 Å². The molecule has 0 unspecified atom stereocenters. The number of piperazine rings is 2. The second-order valence-electron chi connectivity index (χ2n) is 16.8. The lowest BCUT2D eigenvalue weighted by molar-refractivity contribution is -0.138. The van der Waals surface area contributed by atoms with Gasteiger partial charge in [0.1, 0.15) is 40.0 Å². The number of hydrogen-bond acceptors (Lipinski definition) is 17. The predicted molar refractivity (Wildman–Crippen MR) is 281 cm³/mol. The summed E-state index contributed by atoms with van der Waals surface area (Å²) in [7, 11) is 2.94. The summed E-state index contributed by atoms with van der Waals surface area (Å²) >= 11 is 0. The zero-order chi connectivity index (χ0) is 55.3. The molecule has 7 N–H and O–H groups in total. The average molecular weight is 1070 g/mol. The molecule has 0 atom stereocenters. The maximum Gasteiger partial charge on any atom is 0.421 e. The maximum atomic E-state index is 13.8. The van der Waals surface area contributed by atoms with Gasteiger partial charge >= 0.3 is 12.4 Å². The van der Waals surface area contributed by atoms with Gasteiger partial charge in [0.05, 0.1) is 19.9 Å². The molecule has 77 heavy (non-hydrogen) atoms. The molecule has 2 aliphatic heterocycles. The minimum absolute atomic E-state index is 0.0364. The molecule has 2 fully saturated rings. The van der Waals surface area contributed by atoms with Gasteiger partial charge in [-0.2, -0.15) is 41.3 Å². The lowest BCUT2D eigenvalue weighted by Crippen LogP contribution is -2.48. The van der Waals surface area contributed by atoms with E-state index < -0.39 is 46.9 Å². The fraction of sp³-hybridized carbons (Fsp3) is 0.255. The van der Waals surface area contributed by atoms with E-state index in [1.54, 1.807) is 66.4 Å². The zero-order valence-electron chi connectivity index (χ0n) is 41.8. The van der Waals surface area contributed by atoms with Crippen LogP contribution < -0.4 is 56.5 Å². The predicted octanol–water partition coefficient (Wildman–Crippen LogP) is 8.70. The van der Waals surface area contributed by atoms with Gasteiger partial charge in [-0.1, -0.05) is 25.3 Å². The first-order chi connectivity index (χ1) is 36.8. The number of alkyl halides is 6. The van der Waals surface area contributed by atoms with Gasteiger partial charge in [-0.25, -0.2) is 9.97 Å². The number of benzene rings is 3. The summed E-state index contributed by atoms with van der Waals surface area (Å²) in [5.41, 5.74) is 0.878. The topological polar surface area (TPSA) is 228 Å². The Labute approximate surface area is 438 Å². The summed E-state index contributed by atoms with van der Waals surface area (Å²) in [6.07, 6.45) is -5.88. The molecule has 0 saturated carbocycles. The van der Waals surface area contributed by atoms with E-state index in [1.165, 1.54) is 32.4 Å². The number of anilines is 12. The number of carbonyl (C=O) groups excluding carboxylic acids is 3. The quantitative estimate of drug-likeness (QED) is 0.0355. The van der Waals surface area contributed by atoms with Crippen LogP contribution in [0.2, 0.25) is 0 Å². The molecule has 3 amide bonds. The molecule has 5 heterocycles. The minimum Gasteiger partial charge on any atom is -0.494 e. The monoisotopic (exact) mass is 1070 g/mol. The maximum absolute atomic E-state index is 13.8. The van der Waals surface area contributed by atoms with Crippen molar-refractivity contribution >= 4 is 86.9 Å². The van der Waals surface area contributed by atoms with Crippen LogP contribution in [0.3, 0.4) is 0 Å². The molecule has 0 radical (unpaired) electrons. The molecule has 2 saturated heterocycles. The van der Waals surface area contributed by atoms with Crippen LogP contribution >= 0.6 is 0 Å². The number of nitrogens with one attached hydrogen (secondary N) is 7. The normalized spacial score (nSPS) is 13.5. The standard InChI is InChI=1S/C27H28F3N7O3.C24H25F3N8O2/c1-4-24(39)32-18-6-5-7-19(14-18)33-25-21(27(28,29)30)16-31-26(35-25)34-22-9-8-20(15-23(22)40-3)37-12-10-36(11-13-37)17(2)38;1-3-20(36)30-15-5-4-6-16(13-15)31-21-17(24(25,26)27)14-29-23(34-21)32-18-7-8-19(33-22(18)37-2)35-11-9-28-10-12-35/h4-9,14-16H,1,10-13H2,2-3H3,(H,32,39)(H2,31,33,34,35);3-8,13-14,28H,1,9-12H2,2H3,(H,30,36)(H2,29,31,32,34). The Bertz CT molecular complexity index is 3090. The zero-order valence-corrected chi connectivity index (χ0v) is 41.8. The van der Waals surface area contributed by atoms with Crippen molar-refractivity contribution in [2.45, 2.75) is 19.3 Å². The fourth-order valence-electron chi connectivity index (χ4n) is 7.75. The second kappa shape index (κ2) is 24.9. The Morgan fingerprint density at radius 3 is 1.60 bits per heavy atom. The number of amides is 3. The van der Waals surface area contributed by atoms with Gasteiger partial charge in [0.25, 0.3) is 0 Å². The van der Waals surface area contributed by atoms with Crippen LogP contribution in [-0.2, 0) is 26.7 Å². The molecule has 0 aliphatic carbocycles. The van der Waals surface area contributed by atoms with Crippen molar-refractivity contribution in [2.24, 2.45) is 0 Å². The highest BCUT2D eigenvalue weighted by molar-refractivity contribution is 5.99. The van der Waals surface area contributed by atoms with Gasteiger partial charge in [0.15, 0.2) is 0 Å². The van der Waals surface area contributed by atoms with Crippen LogP contribution in [0, 0.1) is 0 Å². The number of hydrogen-bond donors (Lipinski definition) is 7. The molecule has 6 aromatic rings. The Balaban J connectivity index is 0.000000224. The van der Waals surface area contributed by atoms with Gasteiger partial charge < -0.3 is 61.4 Å². The number of aromatic nitrogens is 5. The third-order valence-electron chi connectivity index (χ3n) is 11.6.